The van der Waals surface area contributed by atoms with Crippen LogP contribution in [0, 0.1) is 0 Å². The minimum atomic E-state index is -4.59. The monoisotopic (exact) mass is 348 g/mol. The molecule has 25 heavy (non-hydrogen) atoms. The van der Waals surface area contributed by atoms with Crippen LogP contribution >= 0.6 is 0 Å². The Morgan fingerprint density at radius 2 is 1.48 bits per heavy atom. The normalized spacial score (nSPS) is 12.4. The third kappa shape index (κ3) is 3.65. The fourth-order valence-corrected chi connectivity index (χ4v) is 2.03. The van der Waals surface area contributed by atoms with Gasteiger partial charge < -0.3 is 0 Å². The molecule has 0 spiro atoms. The Balaban J connectivity index is 1.93. The van der Waals surface area contributed by atoms with Crippen molar-refractivity contribution in [1.82, 2.24) is 30.1 Å². The van der Waals surface area contributed by atoms with E-state index in [1.54, 1.807) is 24.5 Å². The summed E-state index contributed by atoms with van der Waals surface area (Å²) in [6.07, 6.45) is -1.16. The zero-order valence-corrected chi connectivity index (χ0v) is 13.8. The third-order valence-corrected chi connectivity index (χ3v) is 3.48. The van der Waals surface area contributed by atoms with E-state index in [9.17, 15) is 13.2 Å². The van der Waals surface area contributed by atoms with Gasteiger partial charge in [-0.2, -0.15) is 18.3 Å². The lowest BCUT2D eigenvalue weighted by Gasteiger charge is -2.17. The van der Waals surface area contributed by atoms with Crippen molar-refractivity contribution in [2.24, 2.45) is 0 Å². The molecule has 0 amide bonds. The highest BCUT2D eigenvalue weighted by molar-refractivity contribution is 5.57. The van der Waals surface area contributed by atoms with Crippen molar-refractivity contribution in [2.75, 3.05) is 0 Å². The van der Waals surface area contributed by atoms with E-state index in [-0.39, 0.29) is 16.9 Å². The van der Waals surface area contributed by atoms with Gasteiger partial charge in [0, 0.05) is 12.4 Å². The zero-order valence-electron chi connectivity index (χ0n) is 13.8. The van der Waals surface area contributed by atoms with Crippen LogP contribution in [0.2, 0.25) is 0 Å². The average Bonchev–Trinajstić information content (AvgIpc) is 3.05. The van der Waals surface area contributed by atoms with Crippen molar-refractivity contribution < 1.29 is 13.2 Å². The van der Waals surface area contributed by atoms with Gasteiger partial charge in [0.05, 0.1) is 0 Å². The number of aromatic nitrogens is 6. The van der Waals surface area contributed by atoms with Crippen molar-refractivity contribution in [3.63, 3.8) is 0 Å². The van der Waals surface area contributed by atoms with Crippen LogP contribution < -0.4 is 0 Å². The van der Waals surface area contributed by atoms with E-state index in [1.165, 1.54) is 6.07 Å². The fourth-order valence-electron chi connectivity index (χ4n) is 2.03. The summed E-state index contributed by atoms with van der Waals surface area (Å²) in [4.78, 5) is 16.3. The number of rotatable bonds is 2. The molecule has 3 aromatic rings. The van der Waals surface area contributed by atoms with Crippen molar-refractivity contribution in [2.45, 2.75) is 32.4 Å². The number of hydrogen-bond donors (Lipinski definition) is 1. The first-order valence-electron chi connectivity index (χ1n) is 7.44. The van der Waals surface area contributed by atoms with Gasteiger partial charge in [0.2, 0.25) is 5.82 Å². The van der Waals surface area contributed by atoms with Gasteiger partial charge in [-0.3, -0.25) is 5.10 Å². The molecule has 0 saturated heterocycles. The Morgan fingerprint density at radius 1 is 0.880 bits per heavy atom. The molecule has 0 unspecified atom stereocenters. The summed E-state index contributed by atoms with van der Waals surface area (Å²) in [5.74, 6) is -0.928. The summed E-state index contributed by atoms with van der Waals surface area (Å²) in [6.45, 7) is 6.14. The van der Waals surface area contributed by atoms with Crippen molar-refractivity contribution in [3.8, 4) is 23.0 Å². The van der Waals surface area contributed by atoms with Crippen LogP contribution in [0.4, 0.5) is 13.2 Å². The number of hydrogen-bond acceptors (Lipinski definition) is 5. The predicted octanol–water partition coefficient (Wildman–Crippen LogP) is 3.64. The number of pyridine rings is 1. The van der Waals surface area contributed by atoms with Gasteiger partial charge in [-0.15, -0.1) is 0 Å². The number of halogens is 3. The molecule has 3 rings (SSSR count). The van der Waals surface area contributed by atoms with E-state index in [0.717, 1.165) is 5.56 Å². The van der Waals surface area contributed by atoms with Crippen molar-refractivity contribution in [3.05, 3.63) is 42.0 Å². The van der Waals surface area contributed by atoms with Crippen LogP contribution in [-0.4, -0.2) is 30.1 Å². The van der Waals surface area contributed by atoms with Crippen LogP contribution in [0.15, 0.2) is 30.6 Å². The molecule has 0 aliphatic rings. The first-order valence-corrected chi connectivity index (χ1v) is 7.44. The molecule has 130 valence electrons. The second-order valence-electron chi connectivity index (χ2n) is 6.46. The summed E-state index contributed by atoms with van der Waals surface area (Å²) in [7, 11) is 0. The lowest BCUT2D eigenvalue weighted by molar-refractivity contribution is -0.144. The minimum Gasteiger partial charge on any atom is -0.255 e. The summed E-state index contributed by atoms with van der Waals surface area (Å²) < 4.78 is 37.9. The molecular formula is C16H15F3N6. The molecule has 1 N–H and O–H groups in total. The van der Waals surface area contributed by atoms with Crippen LogP contribution in [0.3, 0.4) is 0 Å². The summed E-state index contributed by atoms with van der Waals surface area (Å²) in [6, 6.07) is 4.84. The van der Waals surface area contributed by atoms with E-state index in [2.05, 4.69) is 25.0 Å². The molecule has 0 aromatic carbocycles. The maximum absolute atomic E-state index is 12.6. The second kappa shape index (κ2) is 5.91. The maximum Gasteiger partial charge on any atom is 0.451 e. The molecule has 3 heterocycles. The SMILES string of the molecule is CC(C)(C)c1cnc(-c2cccc(-c3n[nH]c(C(F)(F)F)n3)n2)nc1. The van der Waals surface area contributed by atoms with Gasteiger partial charge in [-0.05, 0) is 23.1 Å². The summed E-state index contributed by atoms with van der Waals surface area (Å²) in [5, 5.41) is 5.44. The first kappa shape index (κ1) is 17.0. The lowest BCUT2D eigenvalue weighted by Crippen LogP contribution is -2.12. The first-order chi connectivity index (χ1) is 11.6. The molecule has 0 atom stereocenters. The number of alkyl halides is 3. The smallest absolute Gasteiger partial charge is 0.255 e. The minimum absolute atomic E-state index is 0.0826. The molecule has 0 saturated carbocycles. The van der Waals surface area contributed by atoms with Crippen molar-refractivity contribution in [1.29, 1.82) is 0 Å². The van der Waals surface area contributed by atoms with E-state index in [1.807, 2.05) is 25.9 Å². The highest BCUT2D eigenvalue weighted by Gasteiger charge is 2.35. The third-order valence-electron chi connectivity index (χ3n) is 3.48. The number of nitrogens with zero attached hydrogens (tertiary/aromatic N) is 5. The van der Waals surface area contributed by atoms with E-state index in [4.69, 9.17) is 0 Å². The van der Waals surface area contributed by atoms with E-state index in [0.29, 0.717) is 11.5 Å². The van der Waals surface area contributed by atoms with Crippen LogP contribution in [0.25, 0.3) is 23.0 Å². The Bertz CT molecular complexity index is 878. The zero-order chi connectivity index (χ0) is 18.2. The summed E-state index contributed by atoms with van der Waals surface area (Å²) >= 11 is 0. The molecule has 3 aromatic heterocycles. The van der Waals surface area contributed by atoms with Gasteiger partial charge in [-0.25, -0.2) is 19.9 Å². The van der Waals surface area contributed by atoms with E-state index < -0.39 is 12.0 Å². The van der Waals surface area contributed by atoms with Crippen molar-refractivity contribution >= 4 is 0 Å². The molecule has 0 aliphatic heterocycles. The Morgan fingerprint density at radius 3 is 2.00 bits per heavy atom. The molecule has 0 radical (unpaired) electrons. The number of nitrogens with one attached hydrogen (secondary N) is 1. The molecule has 0 fully saturated rings. The van der Waals surface area contributed by atoms with Crippen LogP contribution in [-0.2, 0) is 11.6 Å². The molecular weight excluding hydrogens is 333 g/mol. The Hall–Kier alpha value is -2.84. The van der Waals surface area contributed by atoms with Gasteiger partial charge in [-0.1, -0.05) is 26.8 Å². The molecule has 6 nitrogen and oxygen atoms in total. The van der Waals surface area contributed by atoms with Crippen LogP contribution in [0.5, 0.6) is 0 Å². The molecule has 0 bridgehead atoms. The largest absolute Gasteiger partial charge is 0.451 e. The maximum atomic E-state index is 12.6. The topological polar surface area (TPSA) is 80.2 Å². The predicted molar refractivity (Wildman–Crippen MR) is 84.3 cm³/mol. The molecule has 0 aliphatic carbocycles. The second-order valence-corrected chi connectivity index (χ2v) is 6.46. The Kier molecular flexibility index (Phi) is 4.02. The summed E-state index contributed by atoms with van der Waals surface area (Å²) in [5.41, 5.74) is 1.51. The fraction of sp³-hybridized carbons (Fsp3) is 0.312. The molecule has 9 heteroatoms. The van der Waals surface area contributed by atoms with Gasteiger partial charge >= 0.3 is 6.18 Å². The van der Waals surface area contributed by atoms with Gasteiger partial charge in [0.25, 0.3) is 0 Å². The quantitative estimate of drug-likeness (QED) is 0.765. The van der Waals surface area contributed by atoms with Gasteiger partial charge in [0.15, 0.2) is 11.6 Å². The average molecular weight is 348 g/mol. The lowest BCUT2D eigenvalue weighted by atomic mass is 9.89. The Labute approximate surface area is 141 Å². The standard InChI is InChI=1S/C16H15F3N6/c1-15(2,3)9-7-20-12(21-8-9)10-5-4-6-11(22-10)13-23-14(25-24-13)16(17,18)19/h4-8H,1-3H3,(H,23,24,25). The highest BCUT2D eigenvalue weighted by Crippen LogP contribution is 2.27. The van der Waals surface area contributed by atoms with E-state index >= 15 is 0 Å². The van der Waals surface area contributed by atoms with Crippen LogP contribution in [0.1, 0.15) is 32.2 Å². The number of H-pyrrole nitrogens is 1. The number of aromatic amines is 1. The van der Waals surface area contributed by atoms with Gasteiger partial charge in [0.1, 0.15) is 11.4 Å². The highest BCUT2D eigenvalue weighted by atomic mass is 19.4.